The van der Waals surface area contributed by atoms with Crippen molar-refractivity contribution in [3.8, 4) is 0 Å². The highest BCUT2D eigenvalue weighted by molar-refractivity contribution is 5.19. The first-order chi connectivity index (χ1) is 9.74. The average Bonchev–Trinajstić information content (AvgIpc) is 2.90. The SMILES string of the molecule is CNC(c1ccncc1F)C1CCOC2(CCCC2)C1. The third-order valence-electron chi connectivity index (χ3n) is 4.97. The molecular weight excluding hydrogens is 255 g/mol. The van der Waals surface area contributed by atoms with Gasteiger partial charge in [-0.05, 0) is 44.7 Å². The highest BCUT2D eigenvalue weighted by Gasteiger charge is 2.42. The predicted octanol–water partition coefficient (Wildman–Crippen LogP) is 3.22. The molecule has 0 aromatic carbocycles. The number of hydrogen-bond acceptors (Lipinski definition) is 3. The van der Waals surface area contributed by atoms with Gasteiger partial charge in [0.25, 0.3) is 0 Å². The van der Waals surface area contributed by atoms with E-state index in [1.54, 1.807) is 12.3 Å². The van der Waals surface area contributed by atoms with Gasteiger partial charge in [-0.15, -0.1) is 0 Å². The Kier molecular flexibility index (Phi) is 4.03. The average molecular weight is 278 g/mol. The van der Waals surface area contributed by atoms with Crippen molar-refractivity contribution < 1.29 is 9.13 Å². The Bertz CT molecular complexity index is 460. The van der Waals surface area contributed by atoms with Crippen LogP contribution in [0.4, 0.5) is 4.39 Å². The first kappa shape index (κ1) is 14.0. The monoisotopic (exact) mass is 278 g/mol. The van der Waals surface area contributed by atoms with Crippen molar-refractivity contribution in [3.63, 3.8) is 0 Å². The molecule has 1 saturated heterocycles. The molecule has 0 bridgehead atoms. The van der Waals surface area contributed by atoms with E-state index in [0.29, 0.717) is 5.92 Å². The van der Waals surface area contributed by atoms with Crippen LogP contribution in [0.1, 0.15) is 50.1 Å². The summed E-state index contributed by atoms with van der Waals surface area (Å²) in [5.74, 6) is 0.225. The van der Waals surface area contributed by atoms with E-state index in [1.165, 1.54) is 31.9 Å². The molecule has 1 aromatic heterocycles. The topological polar surface area (TPSA) is 34.2 Å². The summed E-state index contributed by atoms with van der Waals surface area (Å²) in [6, 6.07) is 1.85. The van der Waals surface area contributed by atoms with Crippen LogP contribution in [0.5, 0.6) is 0 Å². The zero-order valence-corrected chi connectivity index (χ0v) is 12.1. The van der Waals surface area contributed by atoms with E-state index in [0.717, 1.165) is 25.0 Å². The third-order valence-corrected chi connectivity index (χ3v) is 4.97. The zero-order valence-electron chi connectivity index (χ0n) is 12.1. The minimum absolute atomic E-state index is 0.0550. The Morgan fingerprint density at radius 1 is 1.45 bits per heavy atom. The molecule has 2 heterocycles. The van der Waals surface area contributed by atoms with Crippen LogP contribution in [0.25, 0.3) is 0 Å². The van der Waals surface area contributed by atoms with Crippen molar-refractivity contribution in [2.45, 2.75) is 50.2 Å². The van der Waals surface area contributed by atoms with Gasteiger partial charge in [0.1, 0.15) is 5.82 Å². The van der Waals surface area contributed by atoms with Crippen molar-refractivity contribution in [1.82, 2.24) is 10.3 Å². The highest BCUT2D eigenvalue weighted by atomic mass is 19.1. The van der Waals surface area contributed by atoms with Crippen LogP contribution in [0.15, 0.2) is 18.5 Å². The lowest BCUT2D eigenvalue weighted by molar-refractivity contribution is -0.0980. The van der Waals surface area contributed by atoms with Gasteiger partial charge in [-0.3, -0.25) is 4.98 Å². The molecule has 0 radical (unpaired) electrons. The number of nitrogens with one attached hydrogen (secondary N) is 1. The van der Waals surface area contributed by atoms with E-state index in [-0.39, 0.29) is 17.5 Å². The van der Waals surface area contributed by atoms with Crippen molar-refractivity contribution in [3.05, 3.63) is 29.8 Å². The smallest absolute Gasteiger partial charge is 0.146 e. The number of aromatic nitrogens is 1. The van der Waals surface area contributed by atoms with Gasteiger partial charge in [0, 0.05) is 24.4 Å². The number of ether oxygens (including phenoxy) is 1. The van der Waals surface area contributed by atoms with E-state index < -0.39 is 0 Å². The summed E-state index contributed by atoms with van der Waals surface area (Å²) in [6.07, 6.45) is 9.88. The molecule has 3 rings (SSSR count). The fraction of sp³-hybridized carbons (Fsp3) is 0.688. The first-order valence-electron chi connectivity index (χ1n) is 7.65. The van der Waals surface area contributed by atoms with Crippen molar-refractivity contribution in [2.75, 3.05) is 13.7 Å². The Labute approximate surface area is 119 Å². The molecule has 2 unspecified atom stereocenters. The molecule has 1 spiro atoms. The second-order valence-corrected chi connectivity index (χ2v) is 6.15. The molecule has 0 amide bonds. The third kappa shape index (κ3) is 2.59. The molecular formula is C16H23FN2O. The Balaban J connectivity index is 1.81. The molecule has 2 atom stereocenters. The lowest BCUT2D eigenvalue weighted by Crippen LogP contribution is -2.41. The second-order valence-electron chi connectivity index (χ2n) is 6.15. The minimum atomic E-state index is -0.209. The normalized spacial score (nSPS) is 26.8. The van der Waals surface area contributed by atoms with E-state index in [4.69, 9.17) is 4.74 Å². The minimum Gasteiger partial charge on any atom is -0.375 e. The fourth-order valence-electron chi connectivity index (χ4n) is 4.00. The van der Waals surface area contributed by atoms with Crippen LogP contribution < -0.4 is 5.32 Å². The molecule has 20 heavy (non-hydrogen) atoms. The predicted molar refractivity (Wildman–Crippen MR) is 75.9 cm³/mol. The summed E-state index contributed by atoms with van der Waals surface area (Å²) in [6.45, 7) is 0.801. The summed E-state index contributed by atoms with van der Waals surface area (Å²) in [5, 5.41) is 3.31. The molecule has 2 fully saturated rings. The van der Waals surface area contributed by atoms with E-state index >= 15 is 0 Å². The lowest BCUT2D eigenvalue weighted by atomic mass is 9.78. The summed E-state index contributed by atoms with van der Waals surface area (Å²) in [5.41, 5.74) is 0.809. The van der Waals surface area contributed by atoms with Gasteiger partial charge in [-0.2, -0.15) is 0 Å². The van der Waals surface area contributed by atoms with Crippen LogP contribution >= 0.6 is 0 Å². The summed E-state index contributed by atoms with van der Waals surface area (Å²) >= 11 is 0. The van der Waals surface area contributed by atoms with Gasteiger partial charge >= 0.3 is 0 Å². The molecule has 2 aliphatic rings. The maximum absolute atomic E-state index is 14.0. The van der Waals surface area contributed by atoms with Gasteiger partial charge in [0.15, 0.2) is 0 Å². The van der Waals surface area contributed by atoms with Gasteiger partial charge in [0.05, 0.1) is 11.8 Å². The Morgan fingerprint density at radius 2 is 2.25 bits per heavy atom. The van der Waals surface area contributed by atoms with Crippen LogP contribution in [0.2, 0.25) is 0 Å². The van der Waals surface area contributed by atoms with Gasteiger partial charge in [-0.25, -0.2) is 4.39 Å². The quantitative estimate of drug-likeness (QED) is 0.922. The number of nitrogens with zero attached hydrogens (tertiary/aromatic N) is 1. The highest BCUT2D eigenvalue weighted by Crippen LogP contribution is 2.45. The molecule has 1 N–H and O–H groups in total. The molecule has 1 aromatic rings. The number of pyridine rings is 1. The van der Waals surface area contributed by atoms with E-state index in [1.807, 2.05) is 7.05 Å². The van der Waals surface area contributed by atoms with Gasteiger partial charge in [0.2, 0.25) is 0 Å². The molecule has 4 heteroatoms. The Morgan fingerprint density at radius 3 is 2.95 bits per heavy atom. The lowest BCUT2D eigenvalue weighted by Gasteiger charge is -2.41. The van der Waals surface area contributed by atoms with Crippen molar-refractivity contribution in [1.29, 1.82) is 0 Å². The summed E-state index contributed by atoms with van der Waals surface area (Å²) in [7, 11) is 1.92. The zero-order chi connectivity index (χ0) is 14.0. The Hall–Kier alpha value is -1.00. The van der Waals surface area contributed by atoms with Gasteiger partial charge in [-0.1, -0.05) is 12.8 Å². The van der Waals surface area contributed by atoms with Crippen LogP contribution in [0, 0.1) is 11.7 Å². The number of halogens is 1. The standard InChI is InChI=1S/C16H23FN2O/c1-18-15(13-4-8-19-11-14(13)17)12-5-9-20-16(10-12)6-2-3-7-16/h4,8,11-12,15,18H,2-3,5-7,9-10H2,1H3. The van der Waals surface area contributed by atoms with Crippen LogP contribution in [0.3, 0.4) is 0 Å². The molecule has 1 aliphatic carbocycles. The van der Waals surface area contributed by atoms with Crippen LogP contribution in [-0.2, 0) is 4.74 Å². The maximum atomic E-state index is 14.0. The second kappa shape index (κ2) is 5.78. The summed E-state index contributed by atoms with van der Waals surface area (Å²) < 4.78 is 20.1. The van der Waals surface area contributed by atoms with E-state index in [9.17, 15) is 4.39 Å². The van der Waals surface area contributed by atoms with Crippen molar-refractivity contribution in [2.24, 2.45) is 5.92 Å². The molecule has 1 saturated carbocycles. The molecule has 110 valence electrons. The fourth-order valence-corrected chi connectivity index (χ4v) is 4.00. The molecule has 3 nitrogen and oxygen atoms in total. The van der Waals surface area contributed by atoms with Crippen LogP contribution in [-0.4, -0.2) is 24.2 Å². The van der Waals surface area contributed by atoms with E-state index in [2.05, 4.69) is 10.3 Å². The number of rotatable bonds is 3. The summed E-state index contributed by atoms with van der Waals surface area (Å²) in [4.78, 5) is 3.85. The van der Waals surface area contributed by atoms with Gasteiger partial charge < -0.3 is 10.1 Å². The van der Waals surface area contributed by atoms with Crippen molar-refractivity contribution >= 4 is 0 Å². The largest absolute Gasteiger partial charge is 0.375 e. The number of hydrogen-bond donors (Lipinski definition) is 1. The molecule has 1 aliphatic heterocycles. The first-order valence-corrected chi connectivity index (χ1v) is 7.65. The maximum Gasteiger partial charge on any atom is 0.146 e.